The maximum absolute atomic E-state index is 10.0. The molecule has 0 radical (unpaired) electrons. The first kappa shape index (κ1) is 20.6. The van der Waals surface area contributed by atoms with Crippen molar-refractivity contribution >= 4 is 18.0 Å². The topological polar surface area (TPSA) is 77.0 Å². The number of pyridine rings is 1. The number of benzene rings is 2. The van der Waals surface area contributed by atoms with E-state index in [1.54, 1.807) is 0 Å². The number of hydrogen-bond donors (Lipinski definition) is 1. The third kappa shape index (κ3) is 4.02. The summed E-state index contributed by atoms with van der Waals surface area (Å²) >= 11 is 5.70. The molecule has 1 aliphatic heterocycles. The van der Waals surface area contributed by atoms with E-state index < -0.39 is 0 Å². The maximum Gasteiger partial charge on any atom is 0.128 e. The van der Waals surface area contributed by atoms with Crippen molar-refractivity contribution < 1.29 is 4.74 Å². The van der Waals surface area contributed by atoms with Crippen molar-refractivity contribution in [2.45, 2.75) is 20.1 Å². The van der Waals surface area contributed by atoms with Gasteiger partial charge in [0.2, 0.25) is 0 Å². The van der Waals surface area contributed by atoms with Gasteiger partial charge in [0.1, 0.15) is 33.9 Å². The third-order valence-electron chi connectivity index (χ3n) is 5.20. The molecule has 2 aromatic carbocycles. The van der Waals surface area contributed by atoms with E-state index in [0.717, 1.165) is 17.9 Å². The summed E-state index contributed by atoms with van der Waals surface area (Å²) in [5.74, 6) is 1.39. The molecular formula is C24H21N5OS. The summed E-state index contributed by atoms with van der Waals surface area (Å²) in [6.07, 6.45) is 0. The quantitative estimate of drug-likeness (QED) is 0.586. The normalized spacial score (nSPS) is 12.9. The summed E-state index contributed by atoms with van der Waals surface area (Å²) in [4.78, 5) is 2.18. The van der Waals surface area contributed by atoms with Crippen LogP contribution >= 0.6 is 12.2 Å². The minimum Gasteiger partial charge on any atom is -0.494 e. The van der Waals surface area contributed by atoms with Crippen LogP contribution < -0.4 is 10.1 Å². The molecule has 3 aromatic rings. The van der Waals surface area contributed by atoms with Crippen LogP contribution in [0.2, 0.25) is 0 Å². The molecule has 0 atom stereocenters. The number of nitrogens with one attached hydrogen (secondary N) is 1. The first-order chi connectivity index (χ1) is 15.2. The zero-order chi connectivity index (χ0) is 21.8. The van der Waals surface area contributed by atoms with E-state index in [0.29, 0.717) is 47.1 Å². The lowest BCUT2D eigenvalue weighted by atomic mass is 9.96. The van der Waals surface area contributed by atoms with Gasteiger partial charge in [0.15, 0.2) is 0 Å². The summed E-state index contributed by atoms with van der Waals surface area (Å²) in [7, 11) is 0. The fourth-order valence-electron chi connectivity index (χ4n) is 3.81. The molecule has 7 heteroatoms. The van der Waals surface area contributed by atoms with E-state index in [4.69, 9.17) is 17.0 Å². The Morgan fingerprint density at radius 1 is 1.03 bits per heavy atom. The van der Waals surface area contributed by atoms with Crippen LogP contribution in [-0.4, -0.2) is 22.7 Å². The molecule has 0 saturated carbocycles. The van der Waals surface area contributed by atoms with Gasteiger partial charge >= 0.3 is 0 Å². The van der Waals surface area contributed by atoms with Crippen LogP contribution in [0.4, 0.5) is 5.82 Å². The molecule has 4 rings (SSSR count). The number of nitrogens with zero attached hydrogens (tertiary/aromatic N) is 4. The van der Waals surface area contributed by atoms with Crippen molar-refractivity contribution in [2.24, 2.45) is 0 Å². The highest BCUT2D eigenvalue weighted by molar-refractivity contribution is 7.71. The van der Waals surface area contributed by atoms with Crippen LogP contribution in [0.5, 0.6) is 5.75 Å². The number of fused-ring (bicyclic) bond motifs is 1. The van der Waals surface area contributed by atoms with Gasteiger partial charge in [-0.1, -0.05) is 54.7 Å². The third-order valence-corrected chi connectivity index (χ3v) is 5.63. The van der Waals surface area contributed by atoms with Crippen molar-refractivity contribution in [3.8, 4) is 29.0 Å². The van der Waals surface area contributed by atoms with Gasteiger partial charge < -0.3 is 14.6 Å². The summed E-state index contributed by atoms with van der Waals surface area (Å²) in [5, 5.41) is 23.3. The molecule has 0 unspecified atom stereocenters. The summed E-state index contributed by atoms with van der Waals surface area (Å²) in [6, 6.07) is 22.1. The average molecular weight is 428 g/mol. The lowest BCUT2D eigenvalue weighted by molar-refractivity contribution is 0.208. The minimum atomic E-state index is 0.336. The van der Waals surface area contributed by atoms with Gasteiger partial charge in [0.05, 0.1) is 25.5 Å². The van der Waals surface area contributed by atoms with Gasteiger partial charge in [-0.2, -0.15) is 10.5 Å². The van der Waals surface area contributed by atoms with Gasteiger partial charge in [-0.3, -0.25) is 4.90 Å². The molecule has 0 fully saturated rings. The molecule has 2 heterocycles. The SMILES string of the molecule is CCOc1ccc(-c2c(C#N)c3n(c(=S)c2C#N)CN(Cc2ccccc2)CN3)cc1. The van der Waals surface area contributed by atoms with Crippen molar-refractivity contribution in [2.75, 3.05) is 18.6 Å². The second kappa shape index (κ2) is 9.01. The smallest absolute Gasteiger partial charge is 0.128 e. The predicted octanol–water partition coefficient (Wildman–Crippen LogP) is 4.87. The average Bonchev–Trinajstić information content (AvgIpc) is 2.80. The molecule has 0 aliphatic carbocycles. The van der Waals surface area contributed by atoms with Gasteiger partial charge in [-0.05, 0) is 30.2 Å². The molecule has 31 heavy (non-hydrogen) atoms. The standard InChI is InChI=1S/C24H21N5OS/c1-2-30-19-10-8-18(9-11-19)22-20(12-25)23-27-15-28(14-17-6-4-3-5-7-17)16-29(23)24(31)21(22)13-26/h3-11,27H,2,14-16H2,1H3. The van der Waals surface area contributed by atoms with Gasteiger partial charge in [0.25, 0.3) is 0 Å². The van der Waals surface area contributed by atoms with Gasteiger partial charge in [0, 0.05) is 12.1 Å². The Morgan fingerprint density at radius 3 is 2.39 bits per heavy atom. The second-order valence-electron chi connectivity index (χ2n) is 7.18. The summed E-state index contributed by atoms with van der Waals surface area (Å²) < 4.78 is 7.78. The molecule has 0 amide bonds. The van der Waals surface area contributed by atoms with Gasteiger partial charge in [-0.15, -0.1) is 0 Å². The van der Waals surface area contributed by atoms with Crippen LogP contribution in [0, 0.1) is 27.3 Å². The molecule has 0 spiro atoms. The first-order valence-electron chi connectivity index (χ1n) is 10.0. The zero-order valence-corrected chi connectivity index (χ0v) is 17.9. The number of aromatic nitrogens is 1. The van der Waals surface area contributed by atoms with E-state index in [1.165, 1.54) is 5.56 Å². The van der Waals surface area contributed by atoms with Crippen LogP contribution in [0.15, 0.2) is 54.6 Å². The fourth-order valence-corrected chi connectivity index (χ4v) is 4.11. The van der Waals surface area contributed by atoms with Crippen molar-refractivity contribution in [3.05, 3.63) is 75.9 Å². The van der Waals surface area contributed by atoms with E-state index in [1.807, 2.05) is 54.0 Å². The summed E-state index contributed by atoms with van der Waals surface area (Å²) in [5.41, 5.74) is 3.27. The van der Waals surface area contributed by atoms with E-state index in [9.17, 15) is 10.5 Å². The highest BCUT2D eigenvalue weighted by Crippen LogP contribution is 2.35. The van der Waals surface area contributed by atoms with Crippen LogP contribution in [0.25, 0.3) is 11.1 Å². The molecule has 0 saturated heterocycles. The Balaban J connectivity index is 1.77. The number of nitriles is 2. The molecule has 154 valence electrons. The Labute approximate surface area is 186 Å². The Morgan fingerprint density at radius 2 is 1.74 bits per heavy atom. The van der Waals surface area contributed by atoms with E-state index in [-0.39, 0.29) is 0 Å². The number of hydrogen-bond acceptors (Lipinski definition) is 6. The fraction of sp³-hybridized carbons (Fsp3) is 0.208. The maximum atomic E-state index is 10.0. The minimum absolute atomic E-state index is 0.336. The molecule has 1 aliphatic rings. The van der Waals surface area contributed by atoms with Crippen LogP contribution in [0.3, 0.4) is 0 Å². The predicted molar refractivity (Wildman–Crippen MR) is 122 cm³/mol. The second-order valence-corrected chi connectivity index (χ2v) is 7.57. The van der Waals surface area contributed by atoms with Crippen molar-refractivity contribution in [1.82, 2.24) is 9.47 Å². The van der Waals surface area contributed by atoms with E-state index >= 15 is 0 Å². The first-order valence-corrected chi connectivity index (χ1v) is 10.4. The molecule has 6 nitrogen and oxygen atoms in total. The number of anilines is 1. The van der Waals surface area contributed by atoms with E-state index in [2.05, 4.69) is 34.5 Å². The Kier molecular flexibility index (Phi) is 5.99. The lowest BCUT2D eigenvalue weighted by Crippen LogP contribution is -2.38. The number of rotatable bonds is 5. The van der Waals surface area contributed by atoms with Crippen molar-refractivity contribution in [1.29, 1.82) is 10.5 Å². The lowest BCUT2D eigenvalue weighted by Gasteiger charge is -2.33. The largest absolute Gasteiger partial charge is 0.494 e. The number of ether oxygens (including phenoxy) is 1. The molecule has 1 aromatic heterocycles. The monoisotopic (exact) mass is 427 g/mol. The highest BCUT2D eigenvalue weighted by atomic mass is 32.1. The zero-order valence-electron chi connectivity index (χ0n) is 17.1. The molecule has 0 bridgehead atoms. The van der Waals surface area contributed by atoms with Gasteiger partial charge in [-0.25, -0.2) is 0 Å². The van der Waals surface area contributed by atoms with Crippen LogP contribution in [0.1, 0.15) is 23.6 Å². The van der Waals surface area contributed by atoms with Crippen LogP contribution in [-0.2, 0) is 13.2 Å². The molecular weight excluding hydrogens is 406 g/mol. The summed E-state index contributed by atoms with van der Waals surface area (Å²) in [6.45, 7) is 4.31. The highest BCUT2D eigenvalue weighted by Gasteiger charge is 2.25. The van der Waals surface area contributed by atoms with Crippen molar-refractivity contribution in [3.63, 3.8) is 0 Å². The molecule has 1 N–H and O–H groups in total. The Hall–Kier alpha value is -3.65. The Bertz CT molecular complexity index is 1240.